The molecule has 5 nitrogen and oxygen atoms in total. The van der Waals surface area contributed by atoms with Gasteiger partial charge in [-0.05, 0) is 48.5 Å². The van der Waals surface area contributed by atoms with Crippen molar-refractivity contribution in [2.75, 3.05) is 44.7 Å². The van der Waals surface area contributed by atoms with Gasteiger partial charge in [-0.1, -0.05) is 23.7 Å². The number of hydrogen-bond acceptors (Lipinski definition) is 4. The van der Waals surface area contributed by atoms with Gasteiger partial charge in [0.05, 0.1) is 13.2 Å². The molecule has 0 spiro atoms. The lowest BCUT2D eigenvalue weighted by atomic mass is 10.2. The van der Waals surface area contributed by atoms with Gasteiger partial charge >= 0.3 is 0 Å². The largest absolute Gasteiger partial charge is 0.379 e. The molecule has 2 heterocycles. The molecular weight excluding hydrogens is 380 g/mol. The summed E-state index contributed by atoms with van der Waals surface area (Å²) in [5, 5.41) is 4.79. The molecule has 2 aromatic rings. The highest BCUT2D eigenvalue weighted by molar-refractivity contribution is 7.80. The molecule has 0 radical (unpaired) electrons. The van der Waals surface area contributed by atoms with Crippen molar-refractivity contribution in [3.05, 3.63) is 58.9 Å². The van der Waals surface area contributed by atoms with Gasteiger partial charge in [-0.25, -0.2) is 0 Å². The number of benzene rings is 1. The van der Waals surface area contributed by atoms with Gasteiger partial charge in [0.15, 0.2) is 5.11 Å². The maximum absolute atomic E-state index is 6.25. The number of ether oxygens (including phenoxy) is 1. The number of pyridine rings is 1. The maximum Gasteiger partial charge on any atom is 0.173 e. The molecule has 0 atom stereocenters. The number of nitrogens with zero attached hydrogens (tertiary/aromatic N) is 3. The van der Waals surface area contributed by atoms with Crippen molar-refractivity contribution in [3.8, 4) is 0 Å². The van der Waals surface area contributed by atoms with Gasteiger partial charge in [0.1, 0.15) is 0 Å². The summed E-state index contributed by atoms with van der Waals surface area (Å²) >= 11 is 12.0. The van der Waals surface area contributed by atoms with Crippen molar-refractivity contribution in [1.29, 1.82) is 0 Å². The Morgan fingerprint density at radius 2 is 2.11 bits per heavy atom. The number of aromatic nitrogens is 1. The predicted octanol–water partition coefficient (Wildman–Crippen LogP) is 3.57. The van der Waals surface area contributed by atoms with Gasteiger partial charge in [0, 0.05) is 55.8 Å². The van der Waals surface area contributed by atoms with E-state index < -0.39 is 0 Å². The monoisotopic (exact) mass is 404 g/mol. The first kappa shape index (κ1) is 20.0. The summed E-state index contributed by atoms with van der Waals surface area (Å²) in [7, 11) is 0. The standard InChI is InChI=1S/C20H25ClN4OS/c1-16-18(21)5-2-6-19(16)23-20(27)25(15-17-4-3-7-22-14-17)9-8-24-10-12-26-13-11-24/h2-7,14H,8-13,15H2,1H3,(H,23,27). The van der Waals surface area contributed by atoms with Crippen LogP contribution in [-0.2, 0) is 11.3 Å². The average Bonchev–Trinajstić information content (AvgIpc) is 2.70. The van der Waals surface area contributed by atoms with Crippen molar-refractivity contribution in [3.63, 3.8) is 0 Å². The molecule has 1 aromatic carbocycles. The highest BCUT2D eigenvalue weighted by atomic mass is 35.5. The predicted molar refractivity (Wildman–Crippen MR) is 114 cm³/mol. The Morgan fingerprint density at radius 3 is 2.85 bits per heavy atom. The highest BCUT2D eigenvalue weighted by Gasteiger charge is 2.16. The fraction of sp³-hybridized carbons (Fsp3) is 0.400. The minimum Gasteiger partial charge on any atom is -0.379 e. The lowest BCUT2D eigenvalue weighted by Crippen LogP contribution is -2.44. The molecule has 0 bridgehead atoms. The van der Waals surface area contributed by atoms with E-state index in [1.165, 1.54) is 0 Å². The Labute approximate surface area is 171 Å². The van der Waals surface area contributed by atoms with E-state index in [9.17, 15) is 0 Å². The summed E-state index contributed by atoms with van der Waals surface area (Å²) in [6.07, 6.45) is 3.67. The first-order chi connectivity index (χ1) is 13.1. The molecule has 0 unspecified atom stereocenters. The van der Waals surface area contributed by atoms with Crippen LogP contribution in [0.25, 0.3) is 0 Å². The summed E-state index contributed by atoms with van der Waals surface area (Å²) in [5.74, 6) is 0. The van der Waals surface area contributed by atoms with Crippen LogP contribution in [0.1, 0.15) is 11.1 Å². The molecule has 27 heavy (non-hydrogen) atoms. The van der Waals surface area contributed by atoms with E-state index in [1.807, 2.05) is 37.4 Å². The first-order valence-corrected chi connectivity index (χ1v) is 9.92. The van der Waals surface area contributed by atoms with Crippen LogP contribution >= 0.6 is 23.8 Å². The minimum absolute atomic E-state index is 0.692. The molecule has 1 saturated heterocycles. The molecule has 1 aliphatic rings. The molecule has 144 valence electrons. The van der Waals surface area contributed by atoms with E-state index in [1.54, 1.807) is 6.20 Å². The number of rotatable bonds is 6. The van der Waals surface area contributed by atoms with Crippen LogP contribution in [0, 0.1) is 6.92 Å². The molecule has 1 N–H and O–H groups in total. The maximum atomic E-state index is 6.25. The van der Waals surface area contributed by atoms with E-state index in [4.69, 9.17) is 28.6 Å². The van der Waals surface area contributed by atoms with E-state index in [2.05, 4.69) is 26.2 Å². The molecule has 1 aromatic heterocycles. The fourth-order valence-electron chi connectivity index (χ4n) is 2.99. The Morgan fingerprint density at radius 1 is 1.30 bits per heavy atom. The van der Waals surface area contributed by atoms with Gasteiger partial charge in [-0.15, -0.1) is 0 Å². The number of morpholine rings is 1. The Kier molecular flexibility index (Phi) is 7.41. The Hall–Kier alpha value is -1.73. The smallest absolute Gasteiger partial charge is 0.173 e. The summed E-state index contributed by atoms with van der Waals surface area (Å²) in [6.45, 7) is 8.01. The van der Waals surface area contributed by atoms with Crippen molar-refractivity contribution >= 4 is 34.6 Å². The van der Waals surface area contributed by atoms with Crippen LogP contribution in [-0.4, -0.2) is 59.3 Å². The molecule has 1 fully saturated rings. The topological polar surface area (TPSA) is 40.6 Å². The third-order valence-corrected chi connectivity index (χ3v) is 5.45. The second kappa shape index (κ2) is 9.99. The second-order valence-corrected chi connectivity index (χ2v) is 7.37. The van der Waals surface area contributed by atoms with Crippen LogP contribution in [0.15, 0.2) is 42.7 Å². The van der Waals surface area contributed by atoms with Crippen molar-refractivity contribution in [1.82, 2.24) is 14.8 Å². The van der Waals surface area contributed by atoms with E-state index in [0.717, 1.165) is 61.2 Å². The zero-order chi connectivity index (χ0) is 19.1. The van der Waals surface area contributed by atoms with Crippen molar-refractivity contribution < 1.29 is 4.74 Å². The van der Waals surface area contributed by atoms with E-state index in [-0.39, 0.29) is 0 Å². The second-order valence-electron chi connectivity index (χ2n) is 6.58. The van der Waals surface area contributed by atoms with Crippen LogP contribution in [0.5, 0.6) is 0 Å². The van der Waals surface area contributed by atoms with Crippen LogP contribution < -0.4 is 5.32 Å². The quantitative estimate of drug-likeness (QED) is 0.742. The summed E-state index contributed by atoms with van der Waals surface area (Å²) in [6, 6.07) is 9.84. The van der Waals surface area contributed by atoms with Crippen LogP contribution in [0.4, 0.5) is 5.69 Å². The summed E-state index contributed by atoms with van der Waals surface area (Å²) in [5.41, 5.74) is 3.07. The third kappa shape index (κ3) is 5.87. The zero-order valence-electron chi connectivity index (χ0n) is 15.5. The minimum atomic E-state index is 0.692. The molecular formula is C20H25ClN4OS. The van der Waals surface area contributed by atoms with Gasteiger partial charge in [0.25, 0.3) is 0 Å². The number of hydrogen-bond donors (Lipinski definition) is 1. The Balaban J connectivity index is 1.69. The average molecular weight is 405 g/mol. The van der Waals surface area contributed by atoms with Crippen molar-refractivity contribution in [2.24, 2.45) is 0 Å². The third-order valence-electron chi connectivity index (χ3n) is 4.68. The fourth-order valence-corrected chi connectivity index (χ4v) is 3.43. The number of halogens is 1. The van der Waals surface area contributed by atoms with Gasteiger partial charge in [-0.2, -0.15) is 0 Å². The SMILES string of the molecule is Cc1c(Cl)cccc1NC(=S)N(CCN1CCOCC1)Cc1cccnc1. The van der Waals surface area contributed by atoms with Gasteiger partial charge in [-0.3, -0.25) is 9.88 Å². The summed E-state index contributed by atoms with van der Waals surface area (Å²) < 4.78 is 5.44. The number of nitrogens with one attached hydrogen (secondary N) is 1. The van der Waals surface area contributed by atoms with Gasteiger partial charge < -0.3 is 15.0 Å². The van der Waals surface area contributed by atoms with E-state index in [0.29, 0.717) is 11.7 Å². The first-order valence-electron chi connectivity index (χ1n) is 9.13. The molecule has 0 amide bonds. The van der Waals surface area contributed by atoms with Crippen LogP contribution in [0.2, 0.25) is 5.02 Å². The molecule has 0 saturated carbocycles. The van der Waals surface area contributed by atoms with E-state index >= 15 is 0 Å². The van der Waals surface area contributed by atoms with Crippen molar-refractivity contribution in [2.45, 2.75) is 13.5 Å². The number of thiocarbonyl (C=S) groups is 1. The molecule has 1 aliphatic heterocycles. The molecule has 0 aliphatic carbocycles. The lowest BCUT2D eigenvalue weighted by Gasteiger charge is -2.31. The zero-order valence-corrected chi connectivity index (χ0v) is 17.1. The van der Waals surface area contributed by atoms with Gasteiger partial charge in [0.2, 0.25) is 0 Å². The highest BCUT2D eigenvalue weighted by Crippen LogP contribution is 2.23. The Bertz CT molecular complexity index is 753. The number of anilines is 1. The van der Waals surface area contributed by atoms with Crippen LogP contribution in [0.3, 0.4) is 0 Å². The normalized spacial score (nSPS) is 14.7. The lowest BCUT2D eigenvalue weighted by molar-refractivity contribution is 0.0358. The summed E-state index contributed by atoms with van der Waals surface area (Å²) in [4.78, 5) is 8.81. The molecule has 3 rings (SSSR count). The molecule has 7 heteroatoms.